The van der Waals surface area contributed by atoms with Crippen LogP contribution in [0.2, 0.25) is 0 Å². The predicted octanol–water partition coefficient (Wildman–Crippen LogP) is 2.33. The van der Waals surface area contributed by atoms with Crippen molar-refractivity contribution in [3.8, 4) is 0 Å². The molecule has 0 atom stereocenters. The zero-order valence-corrected chi connectivity index (χ0v) is 12.4. The predicted molar refractivity (Wildman–Crippen MR) is 77.8 cm³/mol. The zero-order chi connectivity index (χ0) is 13.0. The first kappa shape index (κ1) is 13.8. The van der Waals surface area contributed by atoms with Crippen LogP contribution in [0.15, 0.2) is 28.6 Å². The van der Waals surface area contributed by atoms with E-state index in [1.165, 1.54) is 11.7 Å². The number of sulfonamides is 1. The summed E-state index contributed by atoms with van der Waals surface area (Å²) in [5.41, 5.74) is 1.01. The van der Waals surface area contributed by atoms with Gasteiger partial charge in [0, 0.05) is 5.75 Å². The molecular weight excluding hydrogens is 288 g/mol. The molecule has 2 aromatic rings. The van der Waals surface area contributed by atoms with Crippen molar-refractivity contribution in [2.24, 2.45) is 0 Å². The molecule has 0 aliphatic rings. The normalized spacial score (nSPS) is 12.1. The molecular formula is C11H14N2O2S3. The molecule has 0 fully saturated rings. The first-order chi connectivity index (χ1) is 8.61. The van der Waals surface area contributed by atoms with Crippen LogP contribution in [0.1, 0.15) is 6.42 Å². The number of fused-ring (bicyclic) bond motifs is 1. The molecule has 0 bridgehead atoms. The summed E-state index contributed by atoms with van der Waals surface area (Å²) < 4.78 is 26.9. The highest BCUT2D eigenvalue weighted by molar-refractivity contribution is 8.01. The van der Waals surface area contributed by atoms with E-state index in [9.17, 15) is 8.42 Å². The number of para-hydroxylation sites is 1. The summed E-state index contributed by atoms with van der Waals surface area (Å²) in [5, 5.41) is 0. The molecule has 0 saturated heterocycles. The molecule has 1 aromatic heterocycles. The van der Waals surface area contributed by atoms with Crippen molar-refractivity contribution in [1.29, 1.82) is 0 Å². The van der Waals surface area contributed by atoms with Gasteiger partial charge in [-0.3, -0.25) is 0 Å². The molecule has 0 amide bonds. The Balaban J connectivity index is 1.87. The number of hydrogen-bond donors (Lipinski definition) is 1. The molecule has 0 saturated carbocycles. The van der Waals surface area contributed by atoms with E-state index >= 15 is 0 Å². The van der Waals surface area contributed by atoms with Gasteiger partial charge >= 0.3 is 0 Å². The lowest BCUT2D eigenvalue weighted by atomic mass is 10.3. The second-order valence-corrected chi connectivity index (χ2v) is 8.09. The smallest absolute Gasteiger partial charge is 0.211 e. The zero-order valence-electron chi connectivity index (χ0n) is 9.92. The van der Waals surface area contributed by atoms with Crippen LogP contribution in [0.3, 0.4) is 0 Å². The Morgan fingerprint density at radius 3 is 2.89 bits per heavy atom. The first-order valence-corrected chi connectivity index (χ1v) is 8.96. The molecule has 1 N–H and O–H groups in total. The number of hydrogen-bond acceptors (Lipinski definition) is 5. The van der Waals surface area contributed by atoms with Gasteiger partial charge in [-0.2, -0.15) is 0 Å². The fourth-order valence-corrected chi connectivity index (χ4v) is 4.41. The Morgan fingerprint density at radius 2 is 2.17 bits per heavy atom. The lowest BCUT2D eigenvalue weighted by molar-refractivity contribution is 0.587. The SMILES string of the molecule is CNS(=O)(=O)CCCSc1nc2ccccc2s1. The summed E-state index contributed by atoms with van der Waals surface area (Å²) in [6.07, 6.45) is 0.629. The summed E-state index contributed by atoms with van der Waals surface area (Å²) >= 11 is 3.26. The maximum atomic E-state index is 11.2. The van der Waals surface area contributed by atoms with Crippen LogP contribution in [0.4, 0.5) is 0 Å². The van der Waals surface area contributed by atoms with Crippen LogP contribution >= 0.6 is 23.1 Å². The van der Waals surface area contributed by atoms with Crippen LogP contribution in [0.5, 0.6) is 0 Å². The fourth-order valence-electron chi connectivity index (χ4n) is 1.42. The van der Waals surface area contributed by atoms with Gasteiger partial charge < -0.3 is 0 Å². The highest BCUT2D eigenvalue weighted by Gasteiger charge is 2.07. The third-order valence-corrected chi connectivity index (χ3v) is 6.08. The largest absolute Gasteiger partial charge is 0.230 e. The number of rotatable bonds is 6. The van der Waals surface area contributed by atoms with Gasteiger partial charge in [-0.05, 0) is 25.6 Å². The van der Waals surface area contributed by atoms with Gasteiger partial charge in [0.25, 0.3) is 0 Å². The van der Waals surface area contributed by atoms with E-state index in [2.05, 4.69) is 9.71 Å². The van der Waals surface area contributed by atoms with Crippen molar-refractivity contribution in [3.05, 3.63) is 24.3 Å². The fraction of sp³-hybridized carbons (Fsp3) is 0.364. The molecule has 98 valence electrons. The van der Waals surface area contributed by atoms with E-state index in [0.717, 1.165) is 15.6 Å². The minimum atomic E-state index is -3.08. The van der Waals surface area contributed by atoms with Gasteiger partial charge in [-0.1, -0.05) is 23.9 Å². The van der Waals surface area contributed by atoms with E-state index in [4.69, 9.17) is 0 Å². The minimum absolute atomic E-state index is 0.168. The van der Waals surface area contributed by atoms with Crippen molar-refractivity contribution in [2.45, 2.75) is 10.8 Å². The van der Waals surface area contributed by atoms with Gasteiger partial charge in [-0.15, -0.1) is 11.3 Å². The summed E-state index contributed by atoms with van der Waals surface area (Å²) in [5.74, 6) is 0.933. The van der Waals surface area contributed by atoms with Crippen molar-refractivity contribution in [1.82, 2.24) is 9.71 Å². The molecule has 0 unspecified atom stereocenters. The quantitative estimate of drug-likeness (QED) is 0.657. The molecule has 0 aliphatic heterocycles. The van der Waals surface area contributed by atoms with Gasteiger partial charge in [-0.25, -0.2) is 18.1 Å². The molecule has 2 rings (SSSR count). The number of benzene rings is 1. The lowest BCUT2D eigenvalue weighted by Crippen LogP contribution is -2.22. The summed E-state index contributed by atoms with van der Waals surface area (Å²) in [6.45, 7) is 0. The Labute approximate surface area is 115 Å². The molecule has 1 aromatic carbocycles. The van der Waals surface area contributed by atoms with E-state index in [0.29, 0.717) is 6.42 Å². The molecule has 0 spiro atoms. The highest BCUT2D eigenvalue weighted by Crippen LogP contribution is 2.29. The highest BCUT2D eigenvalue weighted by atomic mass is 32.2. The minimum Gasteiger partial charge on any atom is -0.230 e. The van der Waals surface area contributed by atoms with Crippen molar-refractivity contribution >= 4 is 43.3 Å². The Bertz CT molecular complexity index is 589. The third-order valence-electron chi connectivity index (χ3n) is 2.37. The van der Waals surface area contributed by atoms with Crippen LogP contribution < -0.4 is 4.72 Å². The number of aromatic nitrogens is 1. The van der Waals surface area contributed by atoms with Gasteiger partial charge in [0.15, 0.2) is 4.34 Å². The van der Waals surface area contributed by atoms with Crippen LogP contribution in [-0.2, 0) is 10.0 Å². The topological polar surface area (TPSA) is 59.1 Å². The number of thiazole rings is 1. The van der Waals surface area contributed by atoms with E-state index in [-0.39, 0.29) is 5.75 Å². The van der Waals surface area contributed by atoms with Crippen molar-refractivity contribution in [2.75, 3.05) is 18.6 Å². The third kappa shape index (κ3) is 3.68. The molecule has 7 heteroatoms. The molecule has 4 nitrogen and oxygen atoms in total. The Kier molecular flexibility index (Phi) is 4.60. The second-order valence-electron chi connectivity index (χ2n) is 3.67. The Morgan fingerprint density at radius 1 is 1.39 bits per heavy atom. The summed E-state index contributed by atoms with van der Waals surface area (Å²) in [7, 11) is -1.64. The number of nitrogens with one attached hydrogen (secondary N) is 1. The summed E-state index contributed by atoms with van der Waals surface area (Å²) in [4.78, 5) is 4.48. The average molecular weight is 302 g/mol. The molecule has 0 radical (unpaired) electrons. The maximum absolute atomic E-state index is 11.2. The maximum Gasteiger partial charge on any atom is 0.211 e. The van der Waals surface area contributed by atoms with E-state index in [1.54, 1.807) is 23.1 Å². The summed E-state index contributed by atoms with van der Waals surface area (Å²) in [6, 6.07) is 7.99. The molecule has 0 aliphatic carbocycles. The lowest BCUT2D eigenvalue weighted by Gasteiger charge is -2.00. The Hall–Kier alpha value is -0.630. The molecule has 1 heterocycles. The average Bonchev–Trinajstić information content (AvgIpc) is 2.77. The van der Waals surface area contributed by atoms with Gasteiger partial charge in [0.05, 0.1) is 16.0 Å². The van der Waals surface area contributed by atoms with Gasteiger partial charge in [0.2, 0.25) is 10.0 Å². The number of thioether (sulfide) groups is 1. The van der Waals surface area contributed by atoms with Crippen LogP contribution in [0, 0.1) is 0 Å². The standard InChI is InChI=1S/C11H14N2O2S3/c1-12-18(14,15)8-4-7-16-11-13-9-5-2-3-6-10(9)17-11/h2-3,5-6,12H,4,7-8H2,1H3. The van der Waals surface area contributed by atoms with Crippen molar-refractivity contribution in [3.63, 3.8) is 0 Å². The van der Waals surface area contributed by atoms with Gasteiger partial charge in [0.1, 0.15) is 0 Å². The van der Waals surface area contributed by atoms with Crippen LogP contribution in [0.25, 0.3) is 10.2 Å². The first-order valence-electron chi connectivity index (χ1n) is 5.50. The number of nitrogens with zero attached hydrogens (tertiary/aromatic N) is 1. The van der Waals surface area contributed by atoms with Crippen molar-refractivity contribution < 1.29 is 8.42 Å². The van der Waals surface area contributed by atoms with E-state index in [1.807, 2.05) is 24.3 Å². The second kappa shape index (κ2) is 6.01. The molecule has 18 heavy (non-hydrogen) atoms. The van der Waals surface area contributed by atoms with E-state index < -0.39 is 10.0 Å². The van der Waals surface area contributed by atoms with Crippen LogP contribution in [-0.4, -0.2) is 32.0 Å². The monoisotopic (exact) mass is 302 g/mol.